The summed E-state index contributed by atoms with van der Waals surface area (Å²) in [5.74, 6) is 14.2. The maximum absolute atomic E-state index is 13.8. The van der Waals surface area contributed by atoms with Crippen LogP contribution in [0.2, 0.25) is 0 Å². The van der Waals surface area contributed by atoms with Gasteiger partial charge in [-0.1, -0.05) is 24.3 Å². The fraction of sp³-hybridized carbons (Fsp3) is 0.800. The van der Waals surface area contributed by atoms with E-state index in [2.05, 4.69) is 24.3 Å². The molecule has 0 N–H and O–H groups in total. The summed E-state index contributed by atoms with van der Waals surface area (Å²) in [5.41, 5.74) is 0. The molecule has 0 aromatic heterocycles. The van der Waals surface area contributed by atoms with Crippen molar-refractivity contribution in [1.82, 2.24) is 0 Å². The minimum Gasteiger partial charge on any atom is -0.299 e. The first-order chi connectivity index (χ1) is 12.8. The summed E-state index contributed by atoms with van der Waals surface area (Å²) in [6.07, 6.45) is 16.0. The van der Waals surface area contributed by atoms with Crippen molar-refractivity contribution in [2.24, 2.45) is 94.7 Å². The lowest BCUT2D eigenvalue weighted by atomic mass is 9.60. The van der Waals surface area contributed by atoms with Crippen LogP contribution in [0.5, 0.6) is 0 Å². The fourth-order valence-electron chi connectivity index (χ4n) is 12.2. The molecule has 9 aliphatic rings. The van der Waals surface area contributed by atoms with Gasteiger partial charge in [0.05, 0.1) is 0 Å². The highest BCUT2D eigenvalue weighted by Crippen LogP contribution is 2.79. The van der Waals surface area contributed by atoms with Gasteiger partial charge in [-0.25, -0.2) is 0 Å². The number of hydrogen-bond donors (Lipinski definition) is 0. The van der Waals surface area contributed by atoms with Crippen LogP contribution in [0.4, 0.5) is 0 Å². The Morgan fingerprint density at radius 1 is 0.500 bits per heavy atom. The van der Waals surface area contributed by atoms with E-state index in [1.165, 1.54) is 25.7 Å². The number of ketones is 1. The van der Waals surface area contributed by atoms with E-state index >= 15 is 0 Å². The Kier molecular flexibility index (Phi) is 1.96. The van der Waals surface area contributed by atoms with Crippen LogP contribution in [-0.2, 0) is 4.79 Å². The monoisotopic (exact) mass is 344 g/mol. The van der Waals surface area contributed by atoms with Gasteiger partial charge in [0.25, 0.3) is 0 Å². The number of hydrogen-bond acceptors (Lipinski definition) is 1. The molecule has 1 nitrogen and oxygen atoms in total. The molecule has 0 spiro atoms. The number of fused-ring (bicyclic) bond motifs is 25. The molecular weight excluding hydrogens is 316 g/mol. The Bertz CT molecular complexity index is 756. The standard InChI is InChI=1S/C25H28O/c26-25-23-15-7-13(17-9-1-3-11(5-9)19(15)17)21(23)22-14-8-16(24(22)25)20-12-4-2-10(6-12)18(14)20/h1-4,9-24H,5-8H2/t9-,10-,11-,12+,13+,14-,15+,16-,17+,18-,19+,20-,21-,22-,23-,24+/m0/s1. The topological polar surface area (TPSA) is 17.1 Å². The third kappa shape index (κ3) is 1.11. The largest absolute Gasteiger partial charge is 0.299 e. The number of Topliss-reactive ketones (excluding diaryl/α,β-unsaturated/α-hetero) is 1. The SMILES string of the molecule is O=C1[C@@H]2[C@H]3C[C@H]([C@H]2[C@@H]2[C@@H]4C[C@@H]([C@H]12)[C@@H]1[C@@H]4[C@H]2C=C[C@H]1C2)[C@H]1[C@H]3[C@@H]2C=C[C@H]1C2. The molecule has 9 rings (SSSR count). The van der Waals surface area contributed by atoms with Crippen LogP contribution >= 0.6 is 0 Å². The second-order valence-electron chi connectivity index (χ2n) is 11.9. The Morgan fingerprint density at radius 2 is 0.885 bits per heavy atom. The summed E-state index contributed by atoms with van der Waals surface area (Å²) in [4.78, 5) is 13.8. The molecule has 26 heavy (non-hydrogen) atoms. The lowest BCUT2D eigenvalue weighted by molar-refractivity contribution is -0.128. The average molecular weight is 344 g/mol. The Hall–Kier alpha value is -0.850. The zero-order valence-electron chi connectivity index (χ0n) is 15.3. The number of carbonyl (C=O) groups excluding carboxylic acids is 1. The van der Waals surface area contributed by atoms with E-state index < -0.39 is 0 Å². The molecular formula is C25H28O. The van der Waals surface area contributed by atoms with Crippen molar-refractivity contribution < 1.29 is 4.79 Å². The third-order valence-electron chi connectivity index (χ3n) is 12.1. The molecule has 1 heteroatoms. The highest BCUT2D eigenvalue weighted by molar-refractivity contribution is 5.88. The van der Waals surface area contributed by atoms with Gasteiger partial charge in [-0.3, -0.25) is 4.79 Å². The molecule has 0 aromatic rings. The molecule has 0 heterocycles. The van der Waals surface area contributed by atoms with E-state index in [0.717, 1.165) is 88.6 Å². The number of allylic oxidation sites excluding steroid dienone is 4. The molecule has 134 valence electrons. The normalized spacial score (nSPS) is 74.1. The van der Waals surface area contributed by atoms with Crippen LogP contribution in [0, 0.1) is 94.7 Å². The number of carbonyl (C=O) groups is 1. The van der Waals surface area contributed by atoms with Gasteiger partial charge in [-0.15, -0.1) is 0 Å². The Labute approximate surface area is 155 Å². The summed E-state index contributed by atoms with van der Waals surface area (Å²) in [7, 11) is 0. The molecule has 7 fully saturated rings. The first-order valence-electron chi connectivity index (χ1n) is 11.7. The van der Waals surface area contributed by atoms with Crippen molar-refractivity contribution in [3.8, 4) is 0 Å². The second kappa shape index (κ2) is 3.83. The van der Waals surface area contributed by atoms with Crippen molar-refractivity contribution in [2.75, 3.05) is 0 Å². The van der Waals surface area contributed by atoms with Crippen molar-refractivity contribution in [1.29, 1.82) is 0 Å². The lowest BCUT2D eigenvalue weighted by Crippen LogP contribution is -2.41. The van der Waals surface area contributed by atoms with Crippen molar-refractivity contribution in [2.45, 2.75) is 25.7 Å². The summed E-state index contributed by atoms with van der Waals surface area (Å²) < 4.78 is 0. The van der Waals surface area contributed by atoms with E-state index in [9.17, 15) is 4.79 Å². The van der Waals surface area contributed by atoms with E-state index in [0.29, 0.717) is 11.8 Å². The molecule has 0 aromatic carbocycles. The minimum absolute atomic E-state index is 0.513. The molecule has 0 aliphatic heterocycles. The molecule has 0 radical (unpaired) electrons. The van der Waals surface area contributed by atoms with Crippen LogP contribution in [0.1, 0.15) is 25.7 Å². The van der Waals surface area contributed by atoms with Gasteiger partial charge >= 0.3 is 0 Å². The summed E-state index contributed by atoms with van der Waals surface area (Å²) in [5, 5.41) is 0. The zero-order chi connectivity index (χ0) is 16.5. The third-order valence-corrected chi connectivity index (χ3v) is 12.1. The van der Waals surface area contributed by atoms with Gasteiger partial charge < -0.3 is 0 Å². The quantitative estimate of drug-likeness (QED) is 0.475. The zero-order valence-corrected chi connectivity index (χ0v) is 15.3. The molecule has 0 saturated heterocycles. The van der Waals surface area contributed by atoms with Gasteiger partial charge in [-0.2, -0.15) is 0 Å². The highest BCUT2D eigenvalue weighted by atomic mass is 16.1. The molecule has 0 amide bonds. The van der Waals surface area contributed by atoms with Gasteiger partial charge in [0.1, 0.15) is 5.78 Å². The first kappa shape index (κ1) is 13.3. The predicted octanol–water partition coefficient (Wildman–Crippen LogP) is 4.21. The average Bonchev–Trinajstić information content (AvgIpc) is 3.48. The Balaban J connectivity index is 1.17. The lowest BCUT2D eigenvalue weighted by Gasteiger charge is -2.44. The molecule has 16 atom stereocenters. The summed E-state index contributed by atoms with van der Waals surface area (Å²) in [6, 6.07) is 0. The first-order valence-corrected chi connectivity index (χ1v) is 11.7. The van der Waals surface area contributed by atoms with Crippen molar-refractivity contribution >= 4 is 5.78 Å². The van der Waals surface area contributed by atoms with Crippen LogP contribution in [0.3, 0.4) is 0 Å². The molecule has 0 unspecified atom stereocenters. The predicted molar refractivity (Wildman–Crippen MR) is 97.6 cm³/mol. The van der Waals surface area contributed by atoms with E-state index in [1.54, 1.807) is 0 Å². The molecule has 8 bridgehead atoms. The molecule has 9 aliphatic carbocycles. The minimum atomic E-state index is 0.513. The second-order valence-corrected chi connectivity index (χ2v) is 11.9. The van der Waals surface area contributed by atoms with Gasteiger partial charge in [-0.05, 0) is 109 Å². The fourth-order valence-corrected chi connectivity index (χ4v) is 12.2. The summed E-state index contributed by atoms with van der Waals surface area (Å²) in [6.45, 7) is 0. The molecule has 7 saturated carbocycles. The van der Waals surface area contributed by atoms with E-state index in [-0.39, 0.29) is 0 Å². The van der Waals surface area contributed by atoms with Gasteiger partial charge in [0, 0.05) is 11.8 Å². The van der Waals surface area contributed by atoms with E-state index in [1.807, 2.05) is 0 Å². The van der Waals surface area contributed by atoms with Crippen LogP contribution in [-0.4, -0.2) is 5.78 Å². The van der Waals surface area contributed by atoms with Crippen LogP contribution in [0.15, 0.2) is 24.3 Å². The van der Waals surface area contributed by atoms with Gasteiger partial charge in [0.15, 0.2) is 0 Å². The van der Waals surface area contributed by atoms with Gasteiger partial charge in [0.2, 0.25) is 0 Å². The van der Waals surface area contributed by atoms with Crippen LogP contribution in [0.25, 0.3) is 0 Å². The van der Waals surface area contributed by atoms with Crippen molar-refractivity contribution in [3.05, 3.63) is 24.3 Å². The van der Waals surface area contributed by atoms with Crippen LogP contribution < -0.4 is 0 Å². The smallest absolute Gasteiger partial charge is 0.140 e. The Morgan fingerprint density at radius 3 is 1.31 bits per heavy atom. The highest BCUT2D eigenvalue weighted by Gasteiger charge is 2.77. The van der Waals surface area contributed by atoms with E-state index in [4.69, 9.17) is 0 Å². The maximum Gasteiger partial charge on any atom is 0.140 e. The summed E-state index contributed by atoms with van der Waals surface area (Å²) >= 11 is 0. The number of rotatable bonds is 0. The van der Waals surface area contributed by atoms with Crippen molar-refractivity contribution in [3.63, 3.8) is 0 Å². The maximum atomic E-state index is 13.8.